The van der Waals surface area contributed by atoms with Crippen LogP contribution in [-0.4, -0.2) is 176 Å². The maximum absolute atomic E-state index is 14.3. The van der Waals surface area contributed by atoms with E-state index >= 15 is 0 Å². The minimum Gasteiger partial charge on any atom is -0.481 e. The maximum atomic E-state index is 14.3. The Morgan fingerprint density at radius 2 is 1.29 bits per heavy atom. The Morgan fingerprint density at radius 3 is 1.86 bits per heavy atom. The lowest BCUT2D eigenvalue weighted by molar-refractivity contribution is -0.139. The molecule has 23 nitrogen and oxygen atoms in total. The fourth-order valence-corrected chi connectivity index (χ4v) is 8.01. The molecule has 384 valence electrons. The van der Waals surface area contributed by atoms with Crippen molar-refractivity contribution in [2.75, 3.05) is 114 Å². The second-order valence-corrected chi connectivity index (χ2v) is 18.0. The first-order valence-electron chi connectivity index (χ1n) is 24.0. The van der Waals surface area contributed by atoms with Gasteiger partial charge in [-0.25, -0.2) is 9.36 Å². The van der Waals surface area contributed by atoms with E-state index in [9.17, 15) is 19.5 Å². The van der Waals surface area contributed by atoms with Crippen molar-refractivity contribution in [3.8, 4) is 12.3 Å². The second kappa shape index (κ2) is 28.4. The Kier molecular flexibility index (Phi) is 23.2. The minimum absolute atomic E-state index is 0. The zero-order chi connectivity index (χ0) is 49.2. The molecule has 0 spiro atoms. The van der Waals surface area contributed by atoms with Gasteiger partial charge in [0.05, 0.1) is 68.9 Å². The van der Waals surface area contributed by atoms with Gasteiger partial charge < -0.3 is 55.7 Å². The summed E-state index contributed by atoms with van der Waals surface area (Å²) in [5, 5.41) is 30.1. The number of anilines is 3. The molecule has 3 aromatic heterocycles. The van der Waals surface area contributed by atoms with Gasteiger partial charge in [-0.05, 0) is 30.6 Å². The predicted octanol–water partition coefficient (Wildman–Crippen LogP) is 2.35. The molecular formula is C45H75ClN16O7. The molecule has 0 radical (unpaired) electrons. The number of carbonyl (C=O) groups excluding carboxylic acids is 2. The fourth-order valence-electron chi connectivity index (χ4n) is 8.01. The molecule has 5 rings (SSSR count). The number of hydrogen-bond donors (Lipinski definition) is 4. The number of nitrogens with zero attached hydrogens (tertiary/aromatic N) is 13. The van der Waals surface area contributed by atoms with Crippen LogP contribution < -0.4 is 26.6 Å². The molecule has 0 bridgehead atoms. The van der Waals surface area contributed by atoms with Crippen LogP contribution >= 0.6 is 12.4 Å². The summed E-state index contributed by atoms with van der Waals surface area (Å²) in [6, 6.07) is -2.02. The van der Waals surface area contributed by atoms with Crippen LogP contribution in [0.4, 0.5) is 17.8 Å². The summed E-state index contributed by atoms with van der Waals surface area (Å²) in [5.74, 6) is 2.92. The lowest BCUT2D eigenvalue weighted by Crippen LogP contribution is -2.52. The van der Waals surface area contributed by atoms with Crippen molar-refractivity contribution < 1.29 is 33.7 Å². The van der Waals surface area contributed by atoms with Crippen molar-refractivity contribution in [3.05, 3.63) is 23.8 Å². The molecular weight excluding hydrogens is 912 g/mol. The van der Waals surface area contributed by atoms with E-state index in [1.54, 1.807) is 15.8 Å². The number of carbonyl (C=O) groups is 3. The molecule has 69 heavy (non-hydrogen) atoms. The molecule has 6 N–H and O–H groups in total. The number of carboxylic acids is 1. The molecule has 3 aromatic rings. The second-order valence-electron chi connectivity index (χ2n) is 18.0. The number of rotatable bonds is 28. The Labute approximate surface area is 412 Å². The number of aromatic nitrogens is 9. The van der Waals surface area contributed by atoms with Crippen LogP contribution in [0.25, 0.3) is 0 Å². The van der Waals surface area contributed by atoms with Crippen LogP contribution in [-0.2, 0) is 28.6 Å². The smallest absolute Gasteiger partial charge is 0.303 e. The van der Waals surface area contributed by atoms with E-state index in [-0.39, 0.29) is 67.6 Å². The molecule has 3 unspecified atom stereocenters. The van der Waals surface area contributed by atoms with Crippen molar-refractivity contribution in [3.63, 3.8) is 0 Å². The number of hydrogen-bond acceptors (Lipinski definition) is 18. The minimum atomic E-state index is -1.01. The number of nitrogens with two attached hydrogens (primary N) is 2. The highest BCUT2D eigenvalue weighted by atomic mass is 35.5. The van der Waals surface area contributed by atoms with Gasteiger partial charge in [-0.15, -0.1) is 29.0 Å². The summed E-state index contributed by atoms with van der Waals surface area (Å²) in [6.45, 7) is 18.4. The first-order chi connectivity index (χ1) is 32.7. The third-order valence-electron chi connectivity index (χ3n) is 12.5. The number of piperazine rings is 2. The third-order valence-corrected chi connectivity index (χ3v) is 12.5. The lowest BCUT2D eigenvalue weighted by Gasteiger charge is -2.38. The number of nitrogens with one attached hydrogen (secondary N) is 1. The summed E-state index contributed by atoms with van der Waals surface area (Å²) >= 11 is 0. The van der Waals surface area contributed by atoms with E-state index in [4.69, 9.17) is 47.1 Å². The van der Waals surface area contributed by atoms with Gasteiger partial charge in [-0.3, -0.25) is 14.4 Å². The summed E-state index contributed by atoms with van der Waals surface area (Å²) in [5.41, 5.74) is 14.1. The van der Waals surface area contributed by atoms with Crippen LogP contribution in [0.3, 0.4) is 0 Å². The highest BCUT2D eigenvalue weighted by Crippen LogP contribution is 2.28. The van der Waals surface area contributed by atoms with Gasteiger partial charge in [0.15, 0.2) is 0 Å². The standard InChI is InChI=1S/C45H74N16O7.ClH/c1-8-22-66-24-26-68-27-25-67-23-13-48-43-49-44(58-18-14-56(15-19-58)41(64)37(11-12-38(62)63)60-30-36(53-54-60)39(47)32(6)9-2)51-45(50-43)59-20-16-57(17-21-59)42(65)40(33(7)10-3)61-29-35(52-55-61)34(46)28-31(4)5;/h1,29-34,37,39-40H,9-28,46-47H2,2-7H3,(H,62,63)(H,48,49,50,51);1H/t32-,33+,34?,37+,39?,40?;/m1./s1. The molecule has 5 heterocycles. The zero-order valence-electron chi connectivity index (χ0n) is 41.2. The number of amides is 2. The zero-order valence-corrected chi connectivity index (χ0v) is 42.0. The van der Waals surface area contributed by atoms with Crippen LogP contribution in [0.1, 0.15) is 109 Å². The van der Waals surface area contributed by atoms with Gasteiger partial charge in [-0.2, -0.15) is 15.0 Å². The fraction of sp³-hybridized carbons (Fsp3) is 0.733. The SMILES string of the molecule is C#CCOCCOCCOCCNc1nc(N2CCN(C(=O)C([C@@H](C)CC)n3cc(C(N)CC(C)C)nn3)CC2)nc(N2CCN(C(=O)[C@H](CCC(=O)O)n3cc(C(N)[C@H](C)CC)nn3)CC2)n1.Cl. The summed E-state index contributed by atoms with van der Waals surface area (Å²) in [4.78, 5) is 62.2. The van der Waals surface area contributed by atoms with Gasteiger partial charge in [-0.1, -0.05) is 70.7 Å². The average molecular weight is 988 g/mol. The largest absolute Gasteiger partial charge is 0.481 e. The van der Waals surface area contributed by atoms with E-state index in [0.29, 0.717) is 127 Å². The lowest BCUT2D eigenvalue weighted by atomic mass is 9.97. The van der Waals surface area contributed by atoms with E-state index in [1.165, 1.54) is 4.68 Å². The van der Waals surface area contributed by atoms with Crippen molar-refractivity contribution in [2.24, 2.45) is 29.2 Å². The van der Waals surface area contributed by atoms with E-state index < -0.39 is 18.1 Å². The Balaban J connectivity index is 0.0000104. The van der Waals surface area contributed by atoms with Gasteiger partial charge in [0.25, 0.3) is 0 Å². The van der Waals surface area contributed by atoms with Crippen molar-refractivity contribution in [2.45, 2.75) is 97.8 Å². The van der Waals surface area contributed by atoms with E-state index in [1.807, 2.05) is 34.7 Å². The molecule has 2 saturated heterocycles. The summed E-state index contributed by atoms with van der Waals surface area (Å²) in [6.07, 6.45) is 10.9. The topological polar surface area (TPSA) is 276 Å². The first-order valence-corrected chi connectivity index (χ1v) is 24.0. The highest BCUT2D eigenvalue weighted by Gasteiger charge is 2.35. The normalized spacial score (nSPS) is 16.9. The van der Waals surface area contributed by atoms with Gasteiger partial charge >= 0.3 is 5.97 Å². The quantitative estimate of drug-likeness (QED) is 0.0600. The van der Waals surface area contributed by atoms with Crippen LogP contribution in [0.15, 0.2) is 12.4 Å². The summed E-state index contributed by atoms with van der Waals surface area (Å²) < 4.78 is 19.6. The third kappa shape index (κ3) is 16.4. The van der Waals surface area contributed by atoms with E-state index in [0.717, 1.165) is 19.3 Å². The van der Waals surface area contributed by atoms with Crippen LogP contribution in [0, 0.1) is 30.1 Å². The van der Waals surface area contributed by atoms with Crippen molar-refractivity contribution in [1.29, 1.82) is 0 Å². The van der Waals surface area contributed by atoms with Gasteiger partial charge in [0.1, 0.15) is 18.7 Å². The maximum Gasteiger partial charge on any atom is 0.303 e. The molecule has 0 aliphatic carbocycles. The number of ether oxygens (including phenoxy) is 3. The molecule has 0 aromatic carbocycles. The van der Waals surface area contributed by atoms with Crippen LogP contribution in [0.5, 0.6) is 0 Å². The molecule has 2 amide bonds. The Hall–Kier alpha value is -5.25. The van der Waals surface area contributed by atoms with Crippen LogP contribution in [0.2, 0.25) is 0 Å². The van der Waals surface area contributed by atoms with Gasteiger partial charge in [0.2, 0.25) is 29.7 Å². The predicted molar refractivity (Wildman–Crippen MR) is 262 cm³/mol. The average Bonchev–Trinajstić information content (AvgIpc) is 4.04. The van der Waals surface area contributed by atoms with Crippen molar-refractivity contribution >= 4 is 48.0 Å². The number of terminal acetylenes is 1. The number of carboxylic acid groups (broad SMARTS) is 1. The molecule has 6 atom stereocenters. The van der Waals surface area contributed by atoms with E-state index in [2.05, 4.69) is 59.6 Å². The first kappa shape index (κ1) is 56.3. The molecule has 2 aliphatic heterocycles. The Morgan fingerprint density at radius 1 is 0.754 bits per heavy atom. The number of aliphatic carboxylic acids is 1. The number of halogens is 1. The molecule has 24 heteroatoms. The van der Waals surface area contributed by atoms with Crippen molar-refractivity contribution in [1.82, 2.24) is 54.7 Å². The highest BCUT2D eigenvalue weighted by molar-refractivity contribution is 5.85. The summed E-state index contributed by atoms with van der Waals surface area (Å²) in [7, 11) is 0. The molecule has 2 fully saturated rings. The monoisotopic (exact) mass is 987 g/mol. The van der Waals surface area contributed by atoms with Gasteiger partial charge in [0, 0.05) is 65.3 Å². The molecule has 0 saturated carbocycles. The Bertz CT molecular complexity index is 2070. The molecule has 2 aliphatic rings.